The zero-order valence-electron chi connectivity index (χ0n) is 14.7. The van der Waals surface area contributed by atoms with Crippen molar-refractivity contribution < 1.29 is 28.7 Å². The lowest BCUT2D eigenvalue weighted by atomic mass is 10.1. The molecular weight excluding hydrogens is 360 g/mol. The fourth-order valence-electron chi connectivity index (χ4n) is 2.47. The van der Waals surface area contributed by atoms with E-state index in [1.165, 1.54) is 11.8 Å². The lowest BCUT2D eigenvalue weighted by Gasteiger charge is -2.18. The Morgan fingerprint density at radius 3 is 2.73 bits per heavy atom. The molecule has 1 N–H and O–H groups in total. The molecule has 0 saturated carbocycles. The van der Waals surface area contributed by atoms with Crippen LogP contribution in [0.25, 0.3) is 0 Å². The number of rotatable bonds is 5. The Hall–Kier alpha value is -2.55. The lowest BCUT2D eigenvalue weighted by Crippen LogP contribution is -2.40. The number of nitrogens with one attached hydrogen (secondary N) is 1. The van der Waals surface area contributed by atoms with Crippen molar-refractivity contribution in [3.8, 4) is 0 Å². The predicted molar refractivity (Wildman–Crippen MR) is 94.8 cm³/mol. The zero-order chi connectivity index (χ0) is 19.3. The number of alkyl carbamates (subject to hydrolysis) is 1. The maximum atomic E-state index is 12.3. The largest absolute Gasteiger partial charge is 0.453 e. The van der Waals surface area contributed by atoms with Crippen LogP contribution in [0.4, 0.5) is 10.5 Å². The van der Waals surface area contributed by atoms with Crippen LogP contribution in [-0.4, -0.2) is 49.9 Å². The summed E-state index contributed by atoms with van der Waals surface area (Å²) in [5, 5.41) is 1.92. The Morgan fingerprint density at radius 2 is 2.08 bits per heavy atom. The molecule has 0 radical (unpaired) electrons. The van der Waals surface area contributed by atoms with Gasteiger partial charge in [0.05, 0.1) is 13.0 Å². The molecule has 1 heterocycles. The van der Waals surface area contributed by atoms with Crippen LogP contribution in [0.1, 0.15) is 13.3 Å². The van der Waals surface area contributed by atoms with E-state index in [2.05, 4.69) is 4.74 Å². The third-order valence-electron chi connectivity index (χ3n) is 3.90. The predicted octanol–water partition coefficient (Wildman–Crippen LogP) is 1.58. The van der Waals surface area contributed by atoms with E-state index in [1.54, 1.807) is 17.8 Å². The van der Waals surface area contributed by atoms with Crippen molar-refractivity contribution in [1.29, 1.82) is 0 Å². The van der Waals surface area contributed by atoms with Gasteiger partial charge >= 0.3 is 12.1 Å². The molecule has 0 spiro atoms. The molecule has 1 saturated heterocycles. The molecule has 1 aromatic carbocycles. The van der Waals surface area contributed by atoms with Crippen molar-refractivity contribution >= 4 is 41.3 Å². The number of thioether (sulfide) groups is 1. The molecule has 0 unspecified atom stereocenters. The van der Waals surface area contributed by atoms with E-state index in [0.29, 0.717) is 5.69 Å². The number of nitrogens with zero attached hydrogens (tertiary/aromatic N) is 1. The van der Waals surface area contributed by atoms with Gasteiger partial charge in [-0.05, 0) is 31.4 Å². The number of carbonyl (C=O) groups excluding carboxylic acids is 4. The van der Waals surface area contributed by atoms with Gasteiger partial charge in [0, 0.05) is 23.5 Å². The summed E-state index contributed by atoms with van der Waals surface area (Å²) in [5.74, 6) is -2.31. The summed E-state index contributed by atoms with van der Waals surface area (Å²) >= 11 is 1.56. The topological polar surface area (TPSA) is 102 Å². The quantitative estimate of drug-likeness (QED) is 0.611. The first-order chi connectivity index (χ1) is 12.3. The number of esters is 1. The molecule has 1 aliphatic heterocycles. The molecule has 1 aliphatic rings. The molecule has 26 heavy (non-hydrogen) atoms. The van der Waals surface area contributed by atoms with Crippen LogP contribution in [0.2, 0.25) is 0 Å². The van der Waals surface area contributed by atoms with Gasteiger partial charge in [-0.25, -0.2) is 4.79 Å². The van der Waals surface area contributed by atoms with Gasteiger partial charge in [0.2, 0.25) is 5.91 Å². The van der Waals surface area contributed by atoms with Gasteiger partial charge in [-0.3, -0.25) is 19.7 Å². The maximum absolute atomic E-state index is 12.3. The highest BCUT2D eigenvalue weighted by Crippen LogP contribution is 2.28. The average Bonchev–Trinajstić information content (AvgIpc) is 3.03. The minimum absolute atomic E-state index is 0.00761. The number of amides is 3. The summed E-state index contributed by atoms with van der Waals surface area (Å²) in [6.07, 6.45) is -0.168. The Balaban J connectivity index is 1.97. The molecule has 2 rings (SSSR count). The third kappa shape index (κ3) is 4.75. The van der Waals surface area contributed by atoms with Gasteiger partial charge in [-0.15, -0.1) is 11.8 Å². The molecule has 0 aliphatic carbocycles. The second-order valence-electron chi connectivity index (χ2n) is 5.67. The molecule has 8 nitrogen and oxygen atoms in total. The summed E-state index contributed by atoms with van der Waals surface area (Å²) in [5.41, 5.74) is 0.716. The summed E-state index contributed by atoms with van der Waals surface area (Å²) in [6.45, 7) is 1.52. The van der Waals surface area contributed by atoms with E-state index < -0.39 is 30.0 Å². The average molecular weight is 380 g/mol. The number of methoxy groups -OCH3 is 1. The minimum Gasteiger partial charge on any atom is -0.453 e. The first kappa shape index (κ1) is 19.8. The molecular formula is C17H20N2O6S. The number of hydrogen-bond donors (Lipinski definition) is 1. The van der Waals surface area contributed by atoms with Gasteiger partial charge in [0.15, 0.2) is 6.10 Å². The fourth-order valence-corrected chi connectivity index (χ4v) is 2.92. The molecule has 1 aromatic rings. The second kappa shape index (κ2) is 8.70. The number of hydrogen-bond acceptors (Lipinski definition) is 7. The van der Waals surface area contributed by atoms with Crippen molar-refractivity contribution in [2.24, 2.45) is 5.92 Å². The fraction of sp³-hybridized carbons (Fsp3) is 0.412. The van der Waals surface area contributed by atoms with Crippen molar-refractivity contribution in [3.63, 3.8) is 0 Å². The molecule has 9 heteroatoms. The lowest BCUT2D eigenvalue weighted by molar-refractivity contribution is -0.158. The molecule has 0 bridgehead atoms. The Bertz CT molecular complexity index is 723. The Labute approximate surface area is 155 Å². The SMILES string of the molecule is COC(=O)NC(=O)[C@H](C)OC(=O)[C@H]1CC(=O)N(c2cccc(SC)c2)C1. The van der Waals surface area contributed by atoms with Crippen molar-refractivity contribution in [2.75, 3.05) is 24.8 Å². The van der Waals surface area contributed by atoms with Crippen LogP contribution in [0.5, 0.6) is 0 Å². The molecule has 3 amide bonds. The van der Waals surface area contributed by atoms with Crippen molar-refractivity contribution in [2.45, 2.75) is 24.3 Å². The van der Waals surface area contributed by atoms with Crippen LogP contribution >= 0.6 is 11.8 Å². The smallest absolute Gasteiger partial charge is 0.413 e. The highest BCUT2D eigenvalue weighted by molar-refractivity contribution is 7.98. The zero-order valence-corrected chi connectivity index (χ0v) is 15.5. The maximum Gasteiger partial charge on any atom is 0.413 e. The Kier molecular flexibility index (Phi) is 6.62. The van der Waals surface area contributed by atoms with Gasteiger partial charge in [-0.2, -0.15) is 0 Å². The van der Waals surface area contributed by atoms with Crippen molar-refractivity contribution in [3.05, 3.63) is 24.3 Å². The molecule has 1 fully saturated rings. The van der Waals surface area contributed by atoms with Crippen LogP contribution in [0, 0.1) is 5.92 Å². The summed E-state index contributed by atoms with van der Waals surface area (Å²) in [4.78, 5) is 49.8. The van der Waals surface area contributed by atoms with Crippen LogP contribution in [0.15, 0.2) is 29.2 Å². The normalized spacial score (nSPS) is 17.6. The minimum atomic E-state index is -1.18. The van der Waals surface area contributed by atoms with E-state index >= 15 is 0 Å². The highest BCUT2D eigenvalue weighted by Gasteiger charge is 2.37. The number of ether oxygens (including phenoxy) is 2. The monoisotopic (exact) mass is 380 g/mol. The van der Waals surface area contributed by atoms with Gasteiger partial charge < -0.3 is 14.4 Å². The van der Waals surface area contributed by atoms with Crippen molar-refractivity contribution in [1.82, 2.24) is 5.32 Å². The second-order valence-corrected chi connectivity index (χ2v) is 6.55. The van der Waals surface area contributed by atoms with Gasteiger partial charge in [0.25, 0.3) is 5.91 Å². The molecule has 2 atom stereocenters. The molecule has 0 aromatic heterocycles. The van der Waals surface area contributed by atoms with Crippen LogP contribution in [-0.2, 0) is 23.9 Å². The number of carbonyl (C=O) groups is 4. The van der Waals surface area contributed by atoms with Crippen LogP contribution < -0.4 is 10.2 Å². The van der Waals surface area contributed by atoms with Gasteiger partial charge in [0.1, 0.15) is 0 Å². The van der Waals surface area contributed by atoms with E-state index in [1.807, 2.05) is 29.8 Å². The highest BCUT2D eigenvalue weighted by atomic mass is 32.2. The van der Waals surface area contributed by atoms with Gasteiger partial charge in [-0.1, -0.05) is 6.07 Å². The Morgan fingerprint density at radius 1 is 1.35 bits per heavy atom. The summed E-state index contributed by atoms with van der Waals surface area (Å²) in [7, 11) is 1.12. The van der Waals surface area contributed by atoms with E-state index in [4.69, 9.17) is 4.74 Å². The third-order valence-corrected chi connectivity index (χ3v) is 4.62. The van der Waals surface area contributed by atoms with E-state index in [-0.39, 0.29) is 18.9 Å². The number of anilines is 1. The van der Waals surface area contributed by atoms with E-state index in [0.717, 1.165) is 12.0 Å². The first-order valence-electron chi connectivity index (χ1n) is 7.89. The van der Waals surface area contributed by atoms with E-state index in [9.17, 15) is 19.2 Å². The number of benzene rings is 1. The summed E-state index contributed by atoms with van der Waals surface area (Å²) < 4.78 is 9.38. The number of imide groups is 1. The first-order valence-corrected chi connectivity index (χ1v) is 9.12. The standard InChI is InChI=1S/C17H20N2O6S/c1-10(15(21)18-17(23)24-2)25-16(22)11-7-14(20)19(9-11)12-5-4-6-13(8-12)26-3/h4-6,8,10-11H,7,9H2,1-3H3,(H,18,21,23)/t10-,11-/m0/s1. The van der Waals surface area contributed by atoms with Crippen LogP contribution in [0.3, 0.4) is 0 Å². The molecule has 140 valence electrons. The summed E-state index contributed by atoms with van der Waals surface area (Å²) in [6, 6.07) is 7.46.